The quantitative estimate of drug-likeness (QED) is 0.704. The molecular formula is C20H17FN2O3. The van der Waals surface area contributed by atoms with Gasteiger partial charge in [0.25, 0.3) is 5.91 Å². The molecule has 0 fully saturated rings. The number of aromatic nitrogens is 1. The van der Waals surface area contributed by atoms with E-state index in [-0.39, 0.29) is 18.3 Å². The van der Waals surface area contributed by atoms with Gasteiger partial charge < -0.3 is 14.8 Å². The van der Waals surface area contributed by atoms with E-state index in [9.17, 15) is 9.18 Å². The molecule has 5 nitrogen and oxygen atoms in total. The number of benzene rings is 2. The Labute approximate surface area is 150 Å². The van der Waals surface area contributed by atoms with E-state index < -0.39 is 0 Å². The van der Waals surface area contributed by atoms with Crippen LogP contribution in [-0.4, -0.2) is 17.5 Å². The van der Waals surface area contributed by atoms with Gasteiger partial charge in [0, 0.05) is 18.8 Å². The molecule has 2 aromatic carbocycles. The molecule has 0 spiro atoms. The number of halogens is 1. The lowest BCUT2D eigenvalue weighted by atomic mass is 10.2. The van der Waals surface area contributed by atoms with Gasteiger partial charge >= 0.3 is 0 Å². The molecule has 1 heterocycles. The number of nitrogens with one attached hydrogen (secondary N) is 1. The van der Waals surface area contributed by atoms with Crippen LogP contribution in [0.15, 0.2) is 72.9 Å². The third kappa shape index (κ3) is 5.31. The molecule has 0 unspecified atom stereocenters. The summed E-state index contributed by atoms with van der Waals surface area (Å²) < 4.78 is 23.8. The highest BCUT2D eigenvalue weighted by Crippen LogP contribution is 2.20. The van der Waals surface area contributed by atoms with Gasteiger partial charge in [0.1, 0.15) is 17.3 Å². The van der Waals surface area contributed by atoms with Crippen molar-refractivity contribution in [2.75, 3.05) is 6.61 Å². The zero-order chi connectivity index (χ0) is 18.2. The van der Waals surface area contributed by atoms with Crippen molar-refractivity contribution < 1.29 is 18.7 Å². The molecule has 1 N–H and O–H groups in total. The average molecular weight is 352 g/mol. The molecule has 1 amide bonds. The van der Waals surface area contributed by atoms with Crippen molar-refractivity contribution in [2.45, 2.75) is 6.54 Å². The highest BCUT2D eigenvalue weighted by atomic mass is 19.1. The summed E-state index contributed by atoms with van der Waals surface area (Å²) >= 11 is 0. The lowest BCUT2D eigenvalue weighted by Gasteiger charge is -2.09. The van der Waals surface area contributed by atoms with Crippen LogP contribution in [0.3, 0.4) is 0 Å². The smallest absolute Gasteiger partial charge is 0.258 e. The largest absolute Gasteiger partial charge is 0.484 e. The van der Waals surface area contributed by atoms with Gasteiger partial charge in [0.15, 0.2) is 6.61 Å². The number of carbonyl (C=O) groups is 1. The minimum atomic E-state index is -0.352. The predicted molar refractivity (Wildman–Crippen MR) is 94.5 cm³/mol. The van der Waals surface area contributed by atoms with E-state index >= 15 is 0 Å². The lowest BCUT2D eigenvalue weighted by Crippen LogP contribution is -2.28. The van der Waals surface area contributed by atoms with Crippen LogP contribution >= 0.6 is 0 Å². The van der Waals surface area contributed by atoms with Crippen LogP contribution in [0, 0.1) is 5.82 Å². The summed E-state index contributed by atoms with van der Waals surface area (Å²) in [5.41, 5.74) is 0.883. The first-order valence-corrected chi connectivity index (χ1v) is 8.02. The molecule has 132 valence electrons. The minimum absolute atomic E-state index is 0.143. The molecule has 6 heteroatoms. The summed E-state index contributed by atoms with van der Waals surface area (Å²) in [5, 5.41) is 2.76. The van der Waals surface area contributed by atoms with E-state index in [1.54, 1.807) is 12.3 Å². The average Bonchev–Trinajstić information content (AvgIpc) is 2.67. The highest BCUT2D eigenvalue weighted by Gasteiger charge is 2.05. The summed E-state index contributed by atoms with van der Waals surface area (Å²) in [6.45, 7) is 0.195. The van der Waals surface area contributed by atoms with Gasteiger partial charge in [-0.05, 0) is 48.0 Å². The number of hydrogen-bond donors (Lipinski definition) is 1. The van der Waals surface area contributed by atoms with Crippen LogP contribution in [-0.2, 0) is 11.3 Å². The summed E-state index contributed by atoms with van der Waals surface area (Å²) in [7, 11) is 0. The number of ether oxygens (including phenoxy) is 2. The second-order valence-electron chi connectivity index (χ2n) is 5.44. The van der Waals surface area contributed by atoms with E-state index in [0.717, 1.165) is 5.56 Å². The first-order chi connectivity index (χ1) is 12.7. The fourth-order valence-electron chi connectivity index (χ4n) is 2.18. The zero-order valence-electron chi connectivity index (χ0n) is 13.9. The highest BCUT2D eigenvalue weighted by molar-refractivity contribution is 5.77. The van der Waals surface area contributed by atoms with Crippen molar-refractivity contribution in [2.24, 2.45) is 0 Å². The minimum Gasteiger partial charge on any atom is -0.484 e. The Balaban J connectivity index is 1.48. The monoisotopic (exact) mass is 352 g/mol. The first kappa shape index (κ1) is 17.4. The van der Waals surface area contributed by atoms with Gasteiger partial charge in [-0.25, -0.2) is 9.37 Å². The molecule has 0 radical (unpaired) electrons. The van der Waals surface area contributed by atoms with Crippen molar-refractivity contribution >= 4 is 5.91 Å². The Morgan fingerprint density at radius 2 is 1.85 bits per heavy atom. The van der Waals surface area contributed by atoms with E-state index in [4.69, 9.17) is 9.47 Å². The molecule has 0 saturated heterocycles. The number of carbonyl (C=O) groups excluding carboxylic acids is 1. The van der Waals surface area contributed by atoms with Crippen LogP contribution in [0.2, 0.25) is 0 Å². The summed E-state index contributed by atoms with van der Waals surface area (Å²) in [5.74, 6) is 0.951. The normalized spacial score (nSPS) is 10.2. The number of hydrogen-bond acceptors (Lipinski definition) is 4. The predicted octanol–water partition coefficient (Wildman–Crippen LogP) is 3.71. The van der Waals surface area contributed by atoms with Gasteiger partial charge in [0.05, 0.1) is 0 Å². The van der Waals surface area contributed by atoms with Crippen molar-refractivity contribution in [3.63, 3.8) is 0 Å². The third-order valence-corrected chi connectivity index (χ3v) is 3.43. The van der Waals surface area contributed by atoms with E-state index in [1.165, 1.54) is 24.3 Å². The summed E-state index contributed by atoms with van der Waals surface area (Å²) in [6.07, 6.45) is 1.65. The second kappa shape index (κ2) is 8.62. The summed E-state index contributed by atoms with van der Waals surface area (Å²) in [4.78, 5) is 16.0. The standard InChI is InChI=1S/C20H17FN2O3/c21-16-7-9-17(10-8-16)25-14-19(24)23-13-15-4-3-5-18(12-15)26-20-6-1-2-11-22-20/h1-12H,13-14H2,(H,23,24). The van der Waals surface area contributed by atoms with Crippen LogP contribution in [0.5, 0.6) is 17.4 Å². The molecule has 26 heavy (non-hydrogen) atoms. The first-order valence-electron chi connectivity index (χ1n) is 8.02. The Morgan fingerprint density at radius 3 is 2.62 bits per heavy atom. The Bertz CT molecular complexity index is 854. The topological polar surface area (TPSA) is 60.5 Å². The van der Waals surface area contributed by atoms with Crippen molar-refractivity contribution in [1.82, 2.24) is 10.3 Å². The fraction of sp³-hybridized carbons (Fsp3) is 0.100. The van der Waals surface area contributed by atoms with E-state index in [2.05, 4.69) is 10.3 Å². The molecule has 0 aliphatic rings. The molecule has 0 aliphatic carbocycles. The van der Waals surface area contributed by atoms with E-state index in [0.29, 0.717) is 23.9 Å². The van der Waals surface area contributed by atoms with Crippen molar-refractivity contribution in [3.05, 3.63) is 84.3 Å². The molecule has 0 saturated carbocycles. The number of pyridine rings is 1. The van der Waals surface area contributed by atoms with Gasteiger partial charge in [-0.15, -0.1) is 0 Å². The van der Waals surface area contributed by atoms with Crippen LogP contribution in [0.4, 0.5) is 4.39 Å². The number of nitrogens with zero attached hydrogens (tertiary/aromatic N) is 1. The van der Waals surface area contributed by atoms with Crippen LogP contribution in [0.1, 0.15) is 5.56 Å². The third-order valence-electron chi connectivity index (χ3n) is 3.43. The Morgan fingerprint density at radius 1 is 1.00 bits per heavy atom. The SMILES string of the molecule is O=C(COc1ccc(F)cc1)NCc1cccc(Oc2ccccn2)c1. The Hall–Kier alpha value is -3.41. The molecule has 0 atom stereocenters. The van der Waals surface area contributed by atoms with Crippen molar-refractivity contribution in [3.8, 4) is 17.4 Å². The zero-order valence-corrected chi connectivity index (χ0v) is 13.9. The fourth-order valence-corrected chi connectivity index (χ4v) is 2.18. The number of amides is 1. The molecule has 1 aromatic heterocycles. The molecule has 0 bridgehead atoms. The maximum Gasteiger partial charge on any atom is 0.258 e. The van der Waals surface area contributed by atoms with Gasteiger partial charge in [0.2, 0.25) is 5.88 Å². The van der Waals surface area contributed by atoms with E-state index in [1.807, 2.05) is 36.4 Å². The lowest BCUT2D eigenvalue weighted by molar-refractivity contribution is -0.123. The molecular weight excluding hydrogens is 335 g/mol. The van der Waals surface area contributed by atoms with Crippen LogP contribution < -0.4 is 14.8 Å². The molecule has 0 aliphatic heterocycles. The van der Waals surface area contributed by atoms with Crippen LogP contribution in [0.25, 0.3) is 0 Å². The van der Waals surface area contributed by atoms with Crippen molar-refractivity contribution in [1.29, 1.82) is 0 Å². The van der Waals surface area contributed by atoms with Gasteiger partial charge in [-0.3, -0.25) is 4.79 Å². The maximum absolute atomic E-state index is 12.8. The second-order valence-corrected chi connectivity index (χ2v) is 5.44. The maximum atomic E-state index is 12.8. The Kier molecular flexibility index (Phi) is 5.77. The van der Waals surface area contributed by atoms with Gasteiger partial charge in [-0.2, -0.15) is 0 Å². The van der Waals surface area contributed by atoms with Gasteiger partial charge in [-0.1, -0.05) is 18.2 Å². The summed E-state index contributed by atoms with van der Waals surface area (Å²) in [6, 6.07) is 18.3. The number of rotatable bonds is 7. The molecule has 3 aromatic rings. The molecule has 3 rings (SSSR count).